The Morgan fingerprint density at radius 1 is 0.903 bits per heavy atom. The van der Waals surface area contributed by atoms with E-state index >= 15 is 0 Å². The van der Waals surface area contributed by atoms with Gasteiger partial charge in [0.2, 0.25) is 5.91 Å². The third kappa shape index (κ3) is 5.51. The highest BCUT2D eigenvalue weighted by molar-refractivity contribution is 8.00. The number of aromatic nitrogens is 1. The molecule has 0 fully saturated rings. The van der Waals surface area contributed by atoms with Crippen LogP contribution in [0.15, 0.2) is 71.6 Å². The van der Waals surface area contributed by atoms with Crippen molar-refractivity contribution in [1.82, 2.24) is 4.98 Å². The maximum atomic E-state index is 12.3. The van der Waals surface area contributed by atoms with Crippen LogP contribution in [0.2, 0.25) is 0 Å². The lowest BCUT2D eigenvalue weighted by Gasteiger charge is -2.07. The van der Waals surface area contributed by atoms with Crippen LogP contribution in [-0.2, 0) is 4.79 Å². The quantitative estimate of drug-likeness (QED) is 0.361. The standard InChI is InChI=1S/C24H21N3O2S2/c1-15-3-6-17(7-4-15)23(29)25-18-8-10-19(11-9-18)30-14-22(28)27-24-26-20-12-5-16(2)13-21(20)31-24/h3-13H,14H2,1-2H3,(H,25,29)(H,26,27,28). The molecule has 0 atom stereocenters. The summed E-state index contributed by atoms with van der Waals surface area (Å²) in [5.74, 6) is 0.0349. The van der Waals surface area contributed by atoms with E-state index < -0.39 is 0 Å². The molecule has 0 unspecified atom stereocenters. The molecule has 1 aromatic heterocycles. The monoisotopic (exact) mass is 447 g/mol. The van der Waals surface area contributed by atoms with E-state index in [-0.39, 0.29) is 17.6 Å². The van der Waals surface area contributed by atoms with Crippen molar-refractivity contribution in [1.29, 1.82) is 0 Å². The number of benzene rings is 3. The van der Waals surface area contributed by atoms with Gasteiger partial charge in [0.1, 0.15) is 0 Å². The maximum absolute atomic E-state index is 12.3. The van der Waals surface area contributed by atoms with Gasteiger partial charge in [-0.05, 0) is 67.9 Å². The number of thioether (sulfide) groups is 1. The number of amides is 2. The summed E-state index contributed by atoms with van der Waals surface area (Å²) in [6.07, 6.45) is 0. The van der Waals surface area contributed by atoms with Gasteiger partial charge < -0.3 is 10.6 Å². The van der Waals surface area contributed by atoms with E-state index in [9.17, 15) is 9.59 Å². The third-order valence-electron chi connectivity index (χ3n) is 4.59. The Labute approximate surface area is 188 Å². The highest BCUT2D eigenvalue weighted by Crippen LogP contribution is 2.27. The number of carbonyl (C=O) groups excluding carboxylic acids is 2. The molecule has 156 valence electrons. The smallest absolute Gasteiger partial charge is 0.255 e. The molecule has 4 rings (SSSR count). The molecule has 2 amide bonds. The van der Waals surface area contributed by atoms with E-state index in [1.165, 1.54) is 28.7 Å². The summed E-state index contributed by atoms with van der Waals surface area (Å²) in [5.41, 5.74) is 4.50. The molecule has 0 spiro atoms. The van der Waals surface area contributed by atoms with Gasteiger partial charge >= 0.3 is 0 Å². The molecule has 0 aliphatic rings. The molecular weight excluding hydrogens is 426 g/mol. The van der Waals surface area contributed by atoms with Crippen LogP contribution in [0.1, 0.15) is 21.5 Å². The number of rotatable bonds is 6. The first kappa shape index (κ1) is 21.1. The van der Waals surface area contributed by atoms with Gasteiger partial charge in [0.25, 0.3) is 5.91 Å². The zero-order valence-electron chi connectivity index (χ0n) is 17.1. The Bertz CT molecular complexity index is 1230. The van der Waals surface area contributed by atoms with Crippen LogP contribution in [0.5, 0.6) is 0 Å². The van der Waals surface area contributed by atoms with Gasteiger partial charge in [0.05, 0.1) is 16.0 Å². The molecule has 4 aromatic rings. The topological polar surface area (TPSA) is 71.1 Å². The second-order valence-electron chi connectivity index (χ2n) is 7.17. The number of nitrogens with one attached hydrogen (secondary N) is 2. The summed E-state index contributed by atoms with van der Waals surface area (Å²) in [4.78, 5) is 30.0. The fraction of sp³-hybridized carbons (Fsp3) is 0.125. The Morgan fingerprint density at radius 2 is 1.61 bits per heavy atom. The molecule has 0 aliphatic carbocycles. The normalized spacial score (nSPS) is 10.8. The zero-order valence-corrected chi connectivity index (χ0v) is 18.8. The van der Waals surface area contributed by atoms with Crippen LogP contribution in [0.25, 0.3) is 10.2 Å². The number of anilines is 2. The minimum Gasteiger partial charge on any atom is -0.322 e. The van der Waals surface area contributed by atoms with Crippen molar-refractivity contribution in [3.63, 3.8) is 0 Å². The van der Waals surface area contributed by atoms with Crippen LogP contribution >= 0.6 is 23.1 Å². The predicted molar refractivity (Wildman–Crippen MR) is 129 cm³/mol. The Morgan fingerprint density at radius 3 is 2.35 bits per heavy atom. The first-order valence-corrected chi connectivity index (χ1v) is 11.5. The fourth-order valence-corrected chi connectivity index (χ4v) is 4.61. The lowest BCUT2D eigenvalue weighted by molar-refractivity contribution is -0.113. The van der Waals surface area contributed by atoms with E-state index in [1.54, 1.807) is 12.1 Å². The van der Waals surface area contributed by atoms with Crippen molar-refractivity contribution in [3.8, 4) is 0 Å². The first-order valence-electron chi connectivity index (χ1n) is 9.74. The molecule has 2 N–H and O–H groups in total. The number of hydrogen-bond acceptors (Lipinski definition) is 5. The average Bonchev–Trinajstić information content (AvgIpc) is 3.15. The van der Waals surface area contributed by atoms with Crippen molar-refractivity contribution in [2.45, 2.75) is 18.7 Å². The van der Waals surface area contributed by atoms with Gasteiger partial charge in [-0.15, -0.1) is 11.8 Å². The van der Waals surface area contributed by atoms with Crippen molar-refractivity contribution in [3.05, 3.63) is 83.4 Å². The van der Waals surface area contributed by atoms with Crippen LogP contribution in [-0.4, -0.2) is 22.6 Å². The number of fused-ring (bicyclic) bond motifs is 1. The van der Waals surface area contributed by atoms with E-state index in [1.807, 2.05) is 62.4 Å². The average molecular weight is 448 g/mol. The minimum absolute atomic E-state index is 0.0995. The van der Waals surface area contributed by atoms with Gasteiger partial charge in [0, 0.05) is 16.1 Å². The first-order chi connectivity index (χ1) is 15.0. The van der Waals surface area contributed by atoms with Crippen LogP contribution in [0.3, 0.4) is 0 Å². The maximum Gasteiger partial charge on any atom is 0.255 e. The molecule has 3 aromatic carbocycles. The van der Waals surface area contributed by atoms with Gasteiger partial charge in [-0.25, -0.2) is 4.98 Å². The summed E-state index contributed by atoms with van der Waals surface area (Å²) in [7, 11) is 0. The van der Waals surface area contributed by atoms with E-state index in [0.29, 0.717) is 16.4 Å². The van der Waals surface area contributed by atoms with Gasteiger partial charge in [-0.3, -0.25) is 9.59 Å². The van der Waals surface area contributed by atoms with Crippen LogP contribution in [0.4, 0.5) is 10.8 Å². The fourth-order valence-electron chi connectivity index (χ4n) is 2.93. The lowest BCUT2D eigenvalue weighted by atomic mass is 10.1. The summed E-state index contributed by atoms with van der Waals surface area (Å²) < 4.78 is 1.06. The van der Waals surface area contributed by atoms with Crippen molar-refractivity contribution < 1.29 is 9.59 Å². The summed E-state index contributed by atoms with van der Waals surface area (Å²) >= 11 is 2.91. The van der Waals surface area contributed by atoms with Gasteiger partial charge in [0.15, 0.2) is 5.13 Å². The molecule has 0 saturated heterocycles. The Kier molecular flexibility index (Phi) is 6.34. The summed E-state index contributed by atoms with van der Waals surface area (Å²) in [6.45, 7) is 4.02. The van der Waals surface area contributed by atoms with Gasteiger partial charge in [-0.1, -0.05) is 35.1 Å². The summed E-state index contributed by atoms with van der Waals surface area (Å²) in [5, 5.41) is 6.37. The number of carbonyl (C=O) groups is 2. The predicted octanol–water partition coefficient (Wildman–Crippen LogP) is 5.90. The molecule has 31 heavy (non-hydrogen) atoms. The van der Waals surface area contributed by atoms with E-state index in [4.69, 9.17) is 0 Å². The molecule has 0 aliphatic heterocycles. The van der Waals surface area contributed by atoms with E-state index in [0.717, 1.165) is 20.7 Å². The summed E-state index contributed by atoms with van der Waals surface area (Å²) in [6, 6.07) is 20.9. The third-order valence-corrected chi connectivity index (χ3v) is 6.53. The lowest BCUT2D eigenvalue weighted by Crippen LogP contribution is -2.13. The second-order valence-corrected chi connectivity index (χ2v) is 9.25. The van der Waals surface area contributed by atoms with Gasteiger partial charge in [-0.2, -0.15) is 0 Å². The minimum atomic E-state index is -0.147. The molecule has 0 bridgehead atoms. The van der Waals surface area contributed by atoms with Crippen LogP contribution in [0, 0.1) is 13.8 Å². The number of hydrogen-bond donors (Lipinski definition) is 2. The zero-order chi connectivity index (χ0) is 21.8. The highest BCUT2D eigenvalue weighted by Gasteiger charge is 2.09. The molecule has 7 heteroatoms. The number of nitrogens with zero attached hydrogens (tertiary/aromatic N) is 1. The molecular formula is C24H21N3O2S2. The number of thiazole rings is 1. The second kappa shape index (κ2) is 9.32. The number of aryl methyl sites for hydroxylation is 2. The van der Waals surface area contributed by atoms with Crippen molar-refractivity contribution in [2.75, 3.05) is 16.4 Å². The molecule has 0 saturated carbocycles. The molecule has 0 radical (unpaired) electrons. The largest absolute Gasteiger partial charge is 0.322 e. The molecule has 5 nitrogen and oxygen atoms in total. The van der Waals surface area contributed by atoms with E-state index in [2.05, 4.69) is 21.7 Å². The highest BCUT2D eigenvalue weighted by atomic mass is 32.2. The van der Waals surface area contributed by atoms with Crippen molar-refractivity contribution >= 4 is 55.9 Å². The van der Waals surface area contributed by atoms with Crippen LogP contribution < -0.4 is 10.6 Å². The van der Waals surface area contributed by atoms with Crippen molar-refractivity contribution in [2.24, 2.45) is 0 Å². The molecule has 1 heterocycles. The SMILES string of the molecule is Cc1ccc(C(=O)Nc2ccc(SCC(=O)Nc3nc4ccc(C)cc4s3)cc2)cc1. The Hall–Kier alpha value is -3.16. The Balaban J connectivity index is 1.29.